The van der Waals surface area contributed by atoms with Crippen molar-refractivity contribution in [1.82, 2.24) is 15.6 Å². The first-order valence-electron chi connectivity index (χ1n) is 10.2. The van der Waals surface area contributed by atoms with Gasteiger partial charge in [0.05, 0.1) is 13.2 Å². The molecule has 3 N–H and O–H groups in total. The number of pyridine rings is 1. The van der Waals surface area contributed by atoms with Crippen molar-refractivity contribution in [2.45, 2.75) is 38.6 Å². The first-order chi connectivity index (χ1) is 14.6. The fourth-order valence-electron chi connectivity index (χ4n) is 3.35. The lowest BCUT2D eigenvalue weighted by atomic mass is 9.90. The molecule has 1 aliphatic carbocycles. The number of amides is 3. The van der Waals surface area contributed by atoms with Gasteiger partial charge < -0.3 is 20.7 Å². The van der Waals surface area contributed by atoms with Gasteiger partial charge in [-0.1, -0.05) is 31.4 Å². The maximum Gasteiger partial charge on any atom is 0.315 e. The van der Waals surface area contributed by atoms with Gasteiger partial charge in [0.15, 0.2) is 11.6 Å². The molecule has 1 fully saturated rings. The number of ether oxygens (including phenoxy) is 1. The minimum atomic E-state index is -0.496. The topological polar surface area (TPSA) is 92.4 Å². The molecule has 0 bridgehead atoms. The highest BCUT2D eigenvalue weighted by molar-refractivity contribution is 5.94. The minimum absolute atomic E-state index is 0.214. The summed E-state index contributed by atoms with van der Waals surface area (Å²) in [7, 11) is 0. The number of benzene rings is 1. The van der Waals surface area contributed by atoms with Crippen LogP contribution in [0.3, 0.4) is 0 Å². The second kappa shape index (κ2) is 11.1. The van der Waals surface area contributed by atoms with E-state index >= 15 is 0 Å². The molecule has 3 amide bonds. The number of halogens is 1. The Morgan fingerprint density at radius 1 is 1.07 bits per heavy atom. The number of anilines is 1. The molecule has 0 atom stereocenters. The summed E-state index contributed by atoms with van der Waals surface area (Å²) < 4.78 is 18.8. The van der Waals surface area contributed by atoms with E-state index in [9.17, 15) is 14.0 Å². The number of urea groups is 1. The molecule has 7 nitrogen and oxygen atoms in total. The number of hydrogen-bond donors (Lipinski definition) is 3. The molecule has 1 aliphatic rings. The van der Waals surface area contributed by atoms with Crippen LogP contribution in [0.1, 0.15) is 37.7 Å². The van der Waals surface area contributed by atoms with Gasteiger partial charge in [0, 0.05) is 12.7 Å². The number of nitrogens with one attached hydrogen (secondary N) is 3. The highest BCUT2D eigenvalue weighted by Crippen LogP contribution is 2.26. The third-order valence-corrected chi connectivity index (χ3v) is 5.00. The molecular formula is C22H27FN4O3. The second-order valence-corrected chi connectivity index (χ2v) is 7.38. The van der Waals surface area contributed by atoms with Crippen LogP contribution >= 0.6 is 0 Å². The fraction of sp³-hybridized carbons (Fsp3) is 0.409. The molecule has 30 heavy (non-hydrogen) atoms. The van der Waals surface area contributed by atoms with E-state index in [0.29, 0.717) is 24.1 Å². The standard InChI is InChI=1S/C22H27FN4O3/c23-18-10-8-16(9-11-18)13-25-22(29)26-14-20(28)27-21-19(7-4-12-24-21)30-15-17-5-2-1-3-6-17/h4,7-12,17H,1-3,5-6,13-15H2,(H,24,27,28)(H2,25,26,29). The van der Waals surface area contributed by atoms with Crippen molar-refractivity contribution in [3.8, 4) is 5.75 Å². The average molecular weight is 414 g/mol. The molecule has 0 spiro atoms. The Balaban J connectivity index is 1.41. The third kappa shape index (κ3) is 7.02. The summed E-state index contributed by atoms with van der Waals surface area (Å²) in [4.78, 5) is 28.2. The summed E-state index contributed by atoms with van der Waals surface area (Å²) in [6, 6.07) is 8.84. The predicted molar refractivity (Wildman–Crippen MR) is 112 cm³/mol. The van der Waals surface area contributed by atoms with Crippen LogP contribution in [-0.2, 0) is 11.3 Å². The Labute approximate surface area is 175 Å². The molecule has 0 radical (unpaired) electrons. The zero-order valence-corrected chi connectivity index (χ0v) is 16.8. The quantitative estimate of drug-likeness (QED) is 0.615. The lowest BCUT2D eigenvalue weighted by Crippen LogP contribution is -2.39. The van der Waals surface area contributed by atoms with Crippen LogP contribution in [0.15, 0.2) is 42.6 Å². The maximum atomic E-state index is 12.9. The fourth-order valence-corrected chi connectivity index (χ4v) is 3.35. The highest BCUT2D eigenvalue weighted by atomic mass is 19.1. The van der Waals surface area contributed by atoms with E-state index in [0.717, 1.165) is 5.56 Å². The highest BCUT2D eigenvalue weighted by Gasteiger charge is 2.16. The summed E-state index contributed by atoms with van der Waals surface area (Å²) in [6.07, 6.45) is 7.66. The molecule has 1 aromatic heterocycles. The largest absolute Gasteiger partial charge is 0.489 e. The molecule has 0 unspecified atom stereocenters. The molecule has 8 heteroatoms. The number of aromatic nitrogens is 1. The van der Waals surface area contributed by atoms with Crippen molar-refractivity contribution in [3.63, 3.8) is 0 Å². The monoisotopic (exact) mass is 414 g/mol. The van der Waals surface area contributed by atoms with Gasteiger partial charge in [-0.3, -0.25) is 4.79 Å². The molecule has 0 aliphatic heterocycles. The Morgan fingerprint density at radius 2 is 1.83 bits per heavy atom. The van der Waals surface area contributed by atoms with Crippen molar-refractivity contribution in [1.29, 1.82) is 0 Å². The number of hydrogen-bond acceptors (Lipinski definition) is 4. The summed E-state index contributed by atoms with van der Waals surface area (Å²) >= 11 is 0. The number of carbonyl (C=O) groups excluding carboxylic acids is 2. The molecule has 1 aromatic carbocycles. The Hall–Kier alpha value is -3.16. The van der Waals surface area contributed by atoms with Gasteiger partial charge in [-0.15, -0.1) is 0 Å². The van der Waals surface area contributed by atoms with Gasteiger partial charge in [-0.2, -0.15) is 0 Å². The summed E-state index contributed by atoms with van der Waals surface area (Å²) in [6.45, 7) is 0.625. The third-order valence-electron chi connectivity index (χ3n) is 5.00. The van der Waals surface area contributed by atoms with Gasteiger partial charge in [0.2, 0.25) is 5.91 Å². The number of carbonyl (C=O) groups is 2. The minimum Gasteiger partial charge on any atom is -0.489 e. The molecule has 1 saturated carbocycles. The van der Waals surface area contributed by atoms with Crippen LogP contribution in [0.25, 0.3) is 0 Å². The second-order valence-electron chi connectivity index (χ2n) is 7.38. The average Bonchev–Trinajstić information content (AvgIpc) is 2.77. The molecule has 0 saturated heterocycles. The Kier molecular flexibility index (Phi) is 8.00. The Bertz CT molecular complexity index is 839. The summed E-state index contributed by atoms with van der Waals surface area (Å²) in [5.74, 6) is 0.655. The first kappa shape index (κ1) is 21.5. The zero-order chi connectivity index (χ0) is 21.2. The summed E-state index contributed by atoms with van der Waals surface area (Å²) in [5.41, 5.74) is 0.754. The van der Waals surface area contributed by atoms with Gasteiger partial charge >= 0.3 is 6.03 Å². The lowest BCUT2D eigenvalue weighted by Gasteiger charge is -2.22. The van der Waals surface area contributed by atoms with E-state index < -0.39 is 11.9 Å². The molecule has 2 aromatic rings. The van der Waals surface area contributed by atoms with Crippen LogP contribution in [0.2, 0.25) is 0 Å². The Morgan fingerprint density at radius 3 is 2.60 bits per heavy atom. The van der Waals surface area contributed by atoms with Crippen LogP contribution in [0.4, 0.5) is 15.0 Å². The van der Waals surface area contributed by atoms with Crippen LogP contribution in [0, 0.1) is 11.7 Å². The predicted octanol–water partition coefficient (Wildman–Crippen LogP) is 3.62. The van der Waals surface area contributed by atoms with E-state index in [1.165, 1.54) is 44.2 Å². The molecule has 1 heterocycles. The molecule has 3 rings (SSSR count). The first-order valence-corrected chi connectivity index (χ1v) is 10.2. The van der Waals surface area contributed by atoms with Crippen molar-refractivity contribution in [2.75, 3.05) is 18.5 Å². The maximum absolute atomic E-state index is 12.9. The van der Waals surface area contributed by atoms with Crippen molar-refractivity contribution in [2.24, 2.45) is 5.92 Å². The summed E-state index contributed by atoms with van der Waals surface area (Å²) in [5, 5.41) is 7.77. The SMILES string of the molecule is O=C(CNC(=O)NCc1ccc(F)cc1)Nc1ncccc1OCC1CCCCC1. The van der Waals surface area contributed by atoms with E-state index in [-0.39, 0.29) is 18.9 Å². The van der Waals surface area contributed by atoms with E-state index in [1.54, 1.807) is 30.5 Å². The van der Waals surface area contributed by atoms with Crippen LogP contribution < -0.4 is 20.7 Å². The van der Waals surface area contributed by atoms with Gasteiger partial charge in [-0.25, -0.2) is 14.2 Å². The zero-order valence-electron chi connectivity index (χ0n) is 16.8. The molecule has 160 valence electrons. The number of nitrogens with zero attached hydrogens (tertiary/aromatic N) is 1. The lowest BCUT2D eigenvalue weighted by molar-refractivity contribution is -0.115. The van der Waals surface area contributed by atoms with Crippen molar-refractivity contribution < 1.29 is 18.7 Å². The van der Waals surface area contributed by atoms with Gasteiger partial charge in [-0.05, 0) is 48.6 Å². The van der Waals surface area contributed by atoms with Crippen LogP contribution in [-0.4, -0.2) is 30.1 Å². The van der Waals surface area contributed by atoms with Gasteiger partial charge in [0.25, 0.3) is 0 Å². The van der Waals surface area contributed by atoms with E-state index in [4.69, 9.17) is 4.74 Å². The van der Waals surface area contributed by atoms with E-state index in [1.807, 2.05) is 0 Å². The van der Waals surface area contributed by atoms with E-state index in [2.05, 4.69) is 20.9 Å². The molecular weight excluding hydrogens is 387 g/mol. The smallest absolute Gasteiger partial charge is 0.315 e. The number of rotatable bonds is 8. The van der Waals surface area contributed by atoms with Crippen LogP contribution in [0.5, 0.6) is 5.75 Å². The van der Waals surface area contributed by atoms with Gasteiger partial charge in [0.1, 0.15) is 5.82 Å². The van der Waals surface area contributed by atoms with Crippen molar-refractivity contribution in [3.05, 3.63) is 54.0 Å². The van der Waals surface area contributed by atoms with Crippen molar-refractivity contribution >= 4 is 17.8 Å². The normalized spacial score (nSPS) is 14.0.